The van der Waals surface area contributed by atoms with E-state index in [2.05, 4.69) is 5.32 Å². The zero-order chi connectivity index (χ0) is 16.1. The summed E-state index contributed by atoms with van der Waals surface area (Å²) in [5.74, 6) is 0.232. The van der Waals surface area contributed by atoms with Crippen LogP contribution in [0.4, 0.5) is 0 Å². The van der Waals surface area contributed by atoms with Gasteiger partial charge in [-0.05, 0) is 24.5 Å². The van der Waals surface area contributed by atoms with Crippen LogP contribution < -0.4 is 5.32 Å². The fourth-order valence-corrected chi connectivity index (χ4v) is 2.90. The third kappa shape index (κ3) is 4.23. The molecule has 0 unspecified atom stereocenters. The lowest BCUT2D eigenvalue weighted by atomic mass is 9.95. The Bertz CT molecular complexity index is 537. The van der Waals surface area contributed by atoms with Crippen LogP contribution in [0.5, 0.6) is 0 Å². The summed E-state index contributed by atoms with van der Waals surface area (Å²) in [5.41, 5.74) is 0.921. The van der Waals surface area contributed by atoms with E-state index in [4.69, 9.17) is 11.6 Å². The molecule has 120 valence electrons. The van der Waals surface area contributed by atoms with Crippen molar-refractivity contribution in [3.63, 3.8) is 0 Å². The van der Waals surface area contributed by atoms with Gasteiger partial charge in [-0.2, -0.15) is 0 Å². The summed E-state index contributed by atoms with van der Waals surface area (Å²) < 4.78 is 0. The largest absolute Gasteiger partial charge is 0.352 e. The summed E-state index contributed by atoms with van der Waals surface area (Å²) in [7, 11) is 0. The highest BCUT2D eigenvalue weighted by atomic mass is 35.5. The molecule has 1 saturated heterocycles. The number of nitrogens with zero attached hydrogens (tertiary/aromatic N) is 1. The van der Waals surface area contributed by atoms with Gasteiger partial charge >= 0.3 is 0 Å². The number of carbonyl (C=O) groups excluding carboxylic acids is 2. The zero-order valence-corrected chi connectivity index (χ0v) is 13.9. The van der Waals surface area contributed by atoms with Crippen LogP contribution in [0.1, 0.15) is 32.3 Å². The van der Waals surface area contributed by atoms with Gasteiger partial charge in [0.05, 0.1) is 0 Å². The first-order valence-electron chi connectivity index (χ1n) is 7.79. The molecular weight excluding hydrogens is 300 g/mol. The number of halogens is 1. The van der Waals surface area contributed by atoms with Gasteiger partial charge in [0.25, 0.3) is 0 Å². The van der Waals surface area contributed by atoms with E-state index in [0.29, 0.717) is 24.7 Å². The number of amides is 2. The SMILES string of the molecule is CC(C)C(=O)N1CCC(C(=O)NCc2ccccc2Cl)CC1. The predicted molar refractivity (Wildman–Crippen MR) is 87.4 cm³/mol. The number of rotatable bonds is 4. The highest BCUT2D eigenvalue weighted by Gasteiger charge is 2.28. The second-order valence-electron chi connectivity index (χ2n) is 6.06. The van der Waals surface area contributed by atoms with Gasteiger partial charge in [-0.1, -0.05) is 43.6 Å². The molecule has 1 N–H and O–H groups in total. The van der Waals surface area contributed by atoms with E-state index < -0.39 is 0 Å². The Hall–Kier alpha value is -1.55. The number of benzene rings is 1. The molecule has 1 aromatic carbocycles. The van der Waals surface area contributed by atoms with Crippen molar-refractivity contribution in [3.8, 4) is 0 Å². The molecule has 1 aliphatic heterocycles. The van der Waals surface area contributed by atoms with E-state index in [-0.39, 0.29) is 23.7 Å². The highest BCUT2D eigenvalue weighted by Crippen LogP contribution is 2.20. The fourth-order valence-electron chi connectivity index (χ4n) is 2.70. The maximum atomic E-state index is 12.2. The van der Waals surface area contributed by atoms with E-state index in [1.54, 1.807) is 0 Å². The standard InChI is InChI=1S/C17H23ClN2O2/c1-12(2)17(22)20-9-7-13(8-10-20)16(21)19-11-14-5-3-4-6-15(14)18/h3-6,12-13H,7-11H2,1-2H3,(H,19,21). The van der Waals surface area contributed by atoms with Crippen molar-refractivity contribution in [1.82, 2.24) is 10.2 Å². The van der Waals surface area contributed by atoms with Crippen molar-refractivity contribution in [3.05, 3.63) is 34.9 Å². The molecule has 0 bridgehead atoms. The number of piperidine rings is 1. The summed E-state index contributed by atoms with van der Waals surface area (Å²) in [6.45, 7) is 5.60. The zero-order valence-electron chi connectivity index (χ0n) is 13.1. The number of carbonyl (C=O) groups is 2. The third-order valence-corrected chi connectivity index (χ3v) is 4.45. The average molecular weight is 323 g/mol. The van der Waals surface area contributed by atoms with Gasteiger partial charge in [-0.3, -0.25) is 9.59 Å². The molecule has 0 aliphatic carbocycles. The third-order valence-electron chi connectivity index (χ3n) is 4.08. The first-order valence-corrected chi connectivity index (χ1v) is 8.16. The normalized spacial score (nSPS) is 15.9. The van der Waals surface area contributed by atoms with Crippen LogP contribution in [0.15, 0.2) is 24.3 Å². The molecule has 1 aliphatic rings. The molecule has 0 saturated carbocycles. The number of nitrogens with one attached hydrogen (secondary N) is 1. The Morgan fingerprint density at radius 1 is 1.27 bits per heavy atom. The highest BCUT2D eigenvalue weighted by molar-refractivity contribution is 6.31. The van der Waals surface area contributed by atoms with Crippen molar-refractivity contribution in [2.24, 2.45) is 11.8 Å². The lowest BCUT2D eigenvalue weighted by molar-refractivity contribution is -0.138. The monoisotopic (exact) mass is 322 g/mol. The van der Waals surface area contributed by atoms with E-state index in [1.807, 2.05) is 43.0 Å². The Morgan fingerprint density at radius 2 is 1.91 bits per heavy atom. The van der Waals surface area contributed by atoms with Gasteiger partial charge in [0.15, 0.2) is 0 Å². The molecule has 1 heterocycles. The van der Waals surface area contributed by atoms with Crippen LogP contribution in [-0.4, -0.2) is 29.8 Å². The lowest BCUT2D eigenvalue weighted by Gasteiger charge is -2.32. The van der Waals surface area contributed by atoms with Gasteiger partial charge in [0.1, 0.15) is 0 Å². The topological polar surface area (TPSA) is 49.4 Å². The second kappa shape index (κ2) is 7.63. The van der Waals surface area contributed by atoms with Crippen molar-refractivity contribution >= 4 is 23.4 Å². The minimum absolute atomic E-state index is 0.0151. The van der Waals surface area contributed by atoms with Gasteiger partial charge in [-0.25, -0.2) is 0 Å². The maximum absolute atomic E-state index is 12.2. The lowest BCUT2D eigenvalue weighted by Crippen LogP contribution is -2.44. The van der Waals surface area contributed by atoms with Gasteiger partial charge < -0.3 is 10.2 Å². The summed E-state index contributed by atoms with van der Waals surface area (Å²) in [6, 6.07) is 7.50. The molecule has 2 rings (SSSR count). The van der Waals surface area contributed by atoms with Gasteiger partial charge in [0, 0.05) is 36.5 Å². The van der Waals surface area contributed by atoms with Crippen LogP contribution in [0.25, 0.3) is 0 Å². The second-order valence-corrected chi connectivity index (χ2v) is 6.47. The Labute approximate surface area is 136 Å². The quantitative estimate of drug-likeness (QED) is 0.926. The minimum Gasteiger partial charge on any atom is -0.352 e. The molecule has 0 spiro atoms. The minimum atomic E-state index is -0.0151. The summed E-state index contributed by atoms with van der Waals surface area (Å²) in [6.07, 6.45) is 1.46. The smallest absolute Gasteiger partial charge is 0.225 e. The fraction of sp³-hybridized carbons (Fsp3) is 0.529. The number of likely N-dealkylation sites (tertiary alicyclic amines) is 1. The maximum Gasteiger partial charge on any atom is 0.225 e. The first-order chi connectivity index (χ1) is 10.5. The van der Waals surface area contributed by atoms with Crippen LogP contribution in [0, 0.1) is 11.8 Å². The Balaban J connectivity index is 1.80. The van der Waals surface area contributed by atoms with Crippen LogP contribution >= 0.6 is 11.6 Å². The Morgan fingerprint density at radius 3 is 2.50 bits per heavy atom. The van der Waals surface area contributed by atoms with Crippen molar-refractivity contribution in [1.29, 1.82) is 0 Å². The van der Waals surface area contributed by atoms with E-state index in [9.17, 15) is 9.59 Å². The van der Waals surface area contributed by atoms with E-state index >= 15 is 0 Å². The number of hydrogen-bond donors (Lipinski definition) is 1. The molecule has 22 heavy (non-hydrogen) atoms. The van der Waals surface area contributed by atoms with Crippen molar-refractivity contribution in [2.75, 3.05) is 13.1 Å². The van der Waals surface area contributed by atoms with Crippen LogP contribution in [-0.2, 0) is 16.1 Å². The molecule has 5 heteroatoms. The first kappa shape index (κ1) is 16.8. The van der Waals surface area contributed by atoms with Crippen LogP contribution in [0.2, 0.25) is 5.02 Å². The van der Waals surface area contributed by atoms with E-state index in [0.717, 1.165) is 18.4 Å². The number of hydrogen-bond acceptors (Lipinski definition) is 2. The van der Waals surface area contributed by atoms with Crippen LogP contribution in [0.3, 0.4) is 0 Å². The predicted octanol–water partition coefficient (Wildman–Crippen LogP) is 2.85. The summed E-state index contributed by atoms with van der Waals surface area (Å²) in [5, 5.41) is 3.62. The molecule has 0 aromatic heterocycles. The molecule has 4 nitrogen and oxygen atoms in total. The average Bonchev–Trinajstić information content (AvgIpc) is 2.53. The van der Waals surface area contributed by atoms with E-state index in [1.165, 1.54) is 0 Å². The summed E-state index contributed by atoms with van der Waals surface area (Å²) in [4.78, 5) is 26.0. The van der Waals surface area contributed by atoms with Gasteiger partial charge in [-0.15, -0.1) is 0 Å². The van der Waals surface area contributed by atoms with Crippen molar-refractivity contribution in [2.45, 2.75) is 33.2 Å². The van der Waals surface area contributed by atoms with Gasteiger partial charge in [0.2, 0.25) is 11.8 Å². The Kier molecular flexibility index (Phi) is 5.83. The molecule has 0 atom stereocenters. The molecule has 1 fully saturated rings. The summed E-state index contributed by atoms with van der Waals surface area (Å²) >= 11 is 6.08. The molecule has 2 amide bonds. The molecular formula is C17H23ClN2O2. The molecule has 0 radical (unpaired) electrons. The molecule has 1 aromatic rings. The van der Waals surface area contributed by atoms with Crippen molar-refractivity contribution < 1.29 is 9.59 Å².